The van der Waals surface area contributed by atoms with Crippen LogP contribution in [-0.2, 0) is 18.1 Å². The van der Waals surface area contributed by atoms with Gasteiger partial charge in [-0.3, -0.25) is 13.6 Å². The zero-order valence-electron chi connectivity index (χ0n) is 11.1. The minimum atomic E-state index is -3.39. The third kappa shape index (κ3) is 5.98. The molecule has 0 bridgehead atoms. The quantitative estimate of drug-likeness (QED) is 0.683. The Hall–Kier alpha value is 0.0700. The van der Waals surface area contributed by atoms with E-state index in [1.54, 1.807) is 0 Å². The molecule has 1 saturated heterocycles. The van der Waals surface area contributed by atoms with E-state index in [1.165, 1.54) is 0 Å². The molecule has 5 nitrogen and oxygen atoms in total. The van der Waals surface area contributed by atoms with Gasteiger partial charge in [0.2, 0.25) is 0 Å². The van der Waals surface area contributed by atoms with Crippen LogP contribution >= 0.6 is 7.82 Å². The van der Waals surface area contributed by atoms with Gasteiger partial charge in [0.1, 0.15) is 0 Å². The number of hydrogen-bond donors (Lipinski definition) is 1. The second kappa shape index (κ2) is 6.86. The maximum atomic E-state index is 12.3. The Bertz CT molecular complexity index is 250. The third-order valence-corrected chi connectivity index (χ3v) is 3.64. The van der Waals surface area contributed by atoms with Crippen LogP contribution in [0.15, 0.2) is 0 Å². The van der Waals surface area contributed by atoms with E-state index in [9.17, 15) is 4.57 Å². The summed E-state index contributed by atoms with van der Waals surface area (Å²) in [5, 5.41) is 3.06. The highest BCUT2D eigenvalue weighted by molar-refractivity contribution is 7.48. The van der Waals surface area contributed by atoms with Gasteiger partial charge in [0.25, 0.3) is 0 Å². The number of rotatable bonds is 8. The monoisotopic (exact) mass is 265 g/mol. The lowest BCUT2D eigenvalue weighted by Gasteiger charge is -2.30. The summed E-state index contributed by atoms with van der Waals surface area (Å²) in [6.45, 7) is 10.2. The van der Waals surface area contributed by atoms with E-state index in [0.29, 0.717) is 38.1 Å². The van der Waals surface area contributed by atoms with Crippen LogP contribution in [-0.4, -0.2) is 32.4 Å². The molecule has 0 atom stereocenters. The van der Waals surface area contributed by atoms with Gasteiger partial charge in [-0.15, -0.1) is 0 Å². The van der Waals surface area contributed by atoms with E-state index in [-0.39, 0.29) is 6.10 Å². The van der Waals surface area contributed by atoms with Crippen LogP contribution in [0.3, 0.4) is 0 Å². The molecule has 0 aromatic carbocycles. The van der Waals surface area contributed by atoms with Gasteiger partial charge in [0, 0.05) is 13.1 Å². The highest BCUT2D eigenvalue weighted by Gasteiger charge is 2.33. The summed E-state index contributed by atoms with van der Waals surface area (Å²) in [4.78, 5) is 0. The van der Waals surface area contributed by atoms with Gasteiger partial charge in [-0.1, -0.05) is 27.7 Å². The average Bonchev–Trinajstić information content (AvgIpc) is 2.18. The van der Waals surface area contributed by atoms with E-state index in [1.807, 2.05) is 27.7 Å². The van der Waals surface area contributed by atoms with E-state index >= 15 is 0 Å². The van der Waals surface area contributed by atoms with Crippen LogP contribution < -0.4 is 5.32 Å². The third-order valence-electron chi connectivity index (χ3n) is 2.15. The first kappa shape index (κ1) is 15.1. The number of phosphoric ester groups is 1. The lowest BCUT2D eigenvalue weighted by atomic mass is 10.2. The van der Waals surface area contributed by atoms with Crippen molar-refractivity contribution in [2.75, 3.05) is 26.3 Å². The van der Waals surface area contributed by atoms with Gasteiger partial charge in [0.15, 0.2) is 0 Å². The summed E-state index contributed by atoms with van der Waals surface area (Å²) in [5.41, 5.74) is 0. The fraction of sp³-hybridized carbons (Fsp3) is 1.00. The molecule has 0 spiro atoms. The molecule has 17 heavy (non-hydrogen) atoms. The van der Waals surface area contributed by atoms with Gasteiger partial charge in [0.05, 0.1) is 19.3 Å². The second-order valence-corrected chi connectivity index (χ2v) is 6.83. The van der Waals surface area contributed by atoms with Crippen LogP contribution in [0.25, 0.3) is 0 Å². The lowest BCUT2D eigenvalue weighted by Crippen LogP contribution is -2.48. The number of phosphoric acid groups is 1. The first-order valence-corrected chi connectivity index (χ1v) is 7.65. The van der Waals surface area contributed by atoms with Crippen molar-refractivity contribution in [1.29, 1.82) is 0 Å². The van der Waals surface area contributed by atoms with Crippen molar-refractivity contribution < 1.29 is 18.1 Å². The van der Waals surface area contributed by atoms with Crippen LogP contribution in [0, 0.1) is 11.8 Å². The van der Waals surface area contributed by atoms with Crippen molar-refractivity contribution in [3.05, 3.63) is 0 Å². The van der Waals surface area contributed by atoms with Gasteiger partial charge in [-0.25, -0.2) is 4.57 Å². The van der Waals surface area contributed by atoms with E-state index < -0.39 is 7.82 Å². The minimum absolute atomic E-state index is 0.0554. The first-order chi connectivity index (χ1) is 7.91. The predicted molar refractivity (Wildman–Crippen MR) is 66.9 cm³/mol. The molecule has 0 amide bonds. The summed E-state index contributed by atoms with van der Waals surface area (Å²) in [6, 6.07) is 0. The zero-order chi connectivity index (χ0) is 12.9. The Balaban J connectivity index is 2.45. The Morgan fingerprint density at radius 3 is 1.88 bits per heavy atom. The largest absolute Gasteiger partial charge is 0.475 e. The Morgan fingerprint density at radius 2 is 1.59 bits per heavy atom. The molecule has 0 unspecified atom stereocenters. The van der Waals surface area contributed by atoms with Crippen LogP contribution in [0.4, 0.5) is 0 Å². The van der Waals surface area contributed by atoms with Crippen molar-refractivity contribution in [3.63, 3.8) is 0 Å². The van der Waals surface area contributed by atoms with E-state index in [0.717, 1.165) is 0 Å². The molecule has 1 aliphatic heterocycles. The van der Waals surface area contributed by atoms with E-state index in [4.69, 9.17) is 13.6 Å². The summed E-state index contributed by atoms with van der Waals surface area (Å²) in [5.74, 6) is 0.600. The predicted octanol–water partition coefficient (Wildman–Crippen LogP) is 2.43. The van der Waals surface area contributed by atoms with Crippen LogP contribution in [0.5, 0.6) is 0 Å². The molecule has 0 aliphatic carbocycles. The standard InChI is InChI=1S/C11H24NO4P/c1-9(2)7-14-17(13,15-8-10(3)4)16-11-5-12-6-11/h9-12H,5-8H2,1-4H3. The summed E-state index contributed by atoms with van der Waals surface area (Å²) in [6.07, 6.45) is -0.0554. The van der Waals surface area contributed by atoms with E-state index in [2.05, 4.69) is 5.32 Å². The smallest absolute Gasteiger partial charge is 0.311 e. The zero-order valence-corrected chi connectivity index (χ0v) is 12.0. The van der Waals surface area contributed by atoms with Gasteiger partial charge < -0.3 is 5.32 Å². The molecule has 0 aromatic heterocycles. The van der Waals surface area contributed by atoms with Crippen molar-refractivity contribution >= 4 is 7.82 Å². The normalized spacial score (nSPS) is 17.8. The molecular formula is C11H24NO4P. The molecule has 1 rings (SSSR count). The summed E-state index contributed by atoms with van der Waals surface area (Å²) >= 11 is 0. The highest BCUT2D eigenvalue weighted by atomic mass is 31.2. The van der Waals surface area contributed by atoms with Crippen molar-refractivity contribution in [2.45, 2.75) is 33.8 Å². The molecule has 1 aliphatic rings. The molecule has 1 heterocycles. The maximum Gasteiger partial charge on any atom is 0.475 e. The van der Waals surface area contributed by atoms with Crippen molar-refractivity contribution in [2.24, 2.45) is 11.8 Å². The van der Waals surface area contributed by atoms with Crippen LogP contribution in [0.1, 0.15) is 27.7 Å². The molecule has 0 radical (unpaired) electrons. The molecular weight excluding hydrogens is 241 g/mol. The average molecular weight is 265 g/mol. The first-order valence-electron chi connectivity index (χ1n) is 6.19. The Morgan fingerprint density at radius 1 is 1.12 bits per heavy atom. The summed E-state index contributed by atoms with van der Waals surface area (Å²) in [7, 11) is -3.39. The molecule has 0 aromatic rings. The molecule has 102 valence electrons. The SMILES string of the molecule is CC(C)COP(=O)(OCC(C)C)OC1CNC1. The van der Waals surface area contributed by atoms with Gasteiger partial charge in [-0.05, 0) is 11.8 Å². The van der Waals surface area contributed by atoms with Crippen molar-refractivity contribution in [1.82, 2.24) is 5.32 Å². The molecule has 1 N–H and O–H groups in total. The molecule has 6 heteroatoms. The highest BCUT2D eigenvalue weighted by Crippen LogP contribution is 2.51. The second-order valence-electron chi connectivity index (χ2n) is 5.21. The van der Waals surface area contributed by atoms with Gasteiger partial charge in [-0.2, -0.15) is 0 Å². The Kier molecular flexibility index (Phi) is 6.10. The van der Waals surface area contributed by atoms with Crippen molar-refractivity contribution in [3.8, 4) is 0 Å². The Labute approximate surface area is 104 Å². The summed E-state index contributed by atoms with van der Waals surface area (Å²) < 4.78 is 28.4. The topological polar surface area (TPSA) is 56.8 Å². The number of nitrogens with one attached hydrogen (secondary N) is 1. The number of hydrogen-bond acceptors (Lipinski definition) is 5. The fourth-order valence-electron chi connectivity index (χ4n) is 1.10. The molecule has 0 saturated carbocycles. The van der Waals surface area contributed by atoms with Crippen LogP contribution in [0.2, 0.25) is 0 Å². The minimum Gasteiger partial charge on any atom is -0.311 e. The maximum absolute atomic E-state index is 12.3. The fourth-order valence-corrected chi connectivity index (χ4v) is 2.77. The molecule has 1 fully saturated rings. The van der Waals surface area contributed by atoms with Gasteiger partial charge >= 0.3 is 7.82 Å². The lowest BCUT2D eigenvalue weighted by molar-refractivity contribution is 0.0460.